The second-order valence-corrected chi connectivity index (χ2v) is 7.88. The van der Waals surface area contributed by atoms with Crippen molar-refractivity contribution in [3.63, 3.8) is 0 Å². The van der Waals surface area contributed by atoms with E-state index in [4.69, 9.17) is 22.0 Å². The Morgan fingerprint density at radius 3 is 2.46 bits per heavy atom. The van der Waals surface area contributed by atoms with E-state index >= 15 is 0 Å². The molecule has 1 amide bonds. The molecule has 1 heterocycles. The minimum atomic E-state index is -3.81. The monoisotopic (exact) mass is 391 g/mol. The highest BCUT2D eigenvalue weighted by molar-refractivity contribution is 7.89. The van der Waals surface area contributed by atoms with Crippen molar-refractivity contribution in [2.24, 2.45) is 5.14 Å². The van der Waals surface area contributed by atoms with Crippen LogP contribution in [-0.2, 0) is 27.0 Å². The molecule has 0 saturated heterocycles. The third kappa shape index (κ3) is 2.95. The highest BCUT2D eigenvalue weighted by atomic mass is 35.5. The zero-order valence-electron chi connectivity index (χ0n) is 13.4. The average Bonchev–Trinajstić information content (AvgIpc) is 2.78. The molecule has 0 saturated carbocycles. The maximum atomic E-state index is 12.8. The van der Waals surface area contributed by atoms with Crippen molar-refractivity contribution in [2.75, 3.05) is 4.90 Å². The lowest BCUT2D eigenvalue weighted by Gasteiger charge is -2.21. The van der Waals surface area contributed by atoms with Crippen molar-refractivity contribution in [2.45, 2.75) is 23.5 Å². The van der Waals surface area contributed by atoms with Gasteiger partial charge in [-0.15, -0.1) is 0 Å². The molecule has 1 atom stereocenters. The van der Waals surface area contributed by atoms with Gasteiger partial charge in [0.15, 0.2) is 5.60 Å². The third-order valence-corrected chi connectivity index (χ3v) is 5.47. The van der Waals surface area contributed by atoms with Crippen LogP contribution in [0.2, 0.25) is 5.02 Å². The predicted molar refractivity (Wildman–Crippen MR) is 94.6 cm³/mol. The summed E-state index contributed by atoms with van der Waals surface area (Å²) in [5, 5.41) is 25.1. The molecule has 0 aliphatic carbocycles. The van der Waals surface area contributed by atoms with Crippen LogP contribution in [0.4, 0.5) is 5.69 Å². The molecule has 0 spiro atoms. The maximum absolute atomic E-state index is 12.8. The lowest BCUT2D eigenvalue weighted by Crippen LogP contribution is -2.39. The fourth-order valence-corrected chi connectivity index (χ4v) is 3.83. The molecule has 9 heteroatoms. The van der Waals surface area contributed by atoms with E-state index in [0.29, 0.717) is 11.3 Å². The average molecular weight is 392 g/mol. The molecule has 1 aliphatic rings. The van der Waals surface area contributed by atoms with Gasteiger partial charge in [-0.25, -0.2) is 13.6 Å². The molecule has 0 bridgehead atoms. The van der Waals surface area contributed by atoms with Gasteiger partial charge in [-0.3, -0.25) is 4.79 Å². The van der Waals surface area contributed by atoms with E-state index in [1.807, 2.05) is 6.07 Å². The Kier molecular flexibility index (Phi) is 4.50. The quantitative estimate of drug-likeness (QED) is 0.819. The summed E-state index contributed by atoms with van der Waals surface area (Å²) in [6.07, 6.45) is -0.427. The minimum absolute atomic E-state index is 0.0431. The second-order valence-electron chi connectivity index (χ2n) is 5.91. The van der Waals surface area contributed by atoms with Crippen LogP contribution in [0.25, 0.3) is 0 Å². The number of primary sulfonamides is 1. The Morgan fingerprint density at radius 2 is 1.88 bits per heavy atom. The number of carbonyl (C=O) groups is 1. The van der Waals surface area contributed by atoms with Crippen molar-refractivity contribution in [1.29, 1.82) is 5.26 Å². The molecular weight excluding hydrogens is 378 g/mol. The number of aliphatic hydroxyl groups is 1. The summed E-state index contributed by atoms with van der Waals surface area (Å²) in [4.78, 5) is 14.1. The molecular formula is C17H14ClN3O4S. The van der Waals surface area contributed by atoms with E-state index in [2.05, 4.69) is 0 Å². The van der Waals surface area contributed by atoms with Crippen LogP contribution < -0.4 is 10.0 Å². The number of carbonyl (C=O) groups excluding carboxylic acids is 1. The SMILES string of the molecule is N#CCC1(O)C(=O)N(Cc2ccc(S(N)(=O)=O)cc2)c2cccc(Cl)c21. The number of amides is 1. The minimum Gasteiger partial charge on any atom is -0.374 e. The van der Waals surface area contributed by atoms with Gasteiger partial charge in [0.25, 0.3) is 5.91 Å². The van der Waals surface area contributed by atoms with Gasteiger partial charge < -0.3 is 10.0 Å². The number of benzene rings is 2. The fraction of sp³-hybridized carbons (Fsp3) is 0.176. The first-order chi connectivity index (χ1) is 12.2. The Morgan fingerprint density at radius 1 is 1.23 bits per heavy atom. The molecule has 134 valence electrons. The predicted octanol–water partition coefficient (Wildman–Crippen LogP) is 1.64. The van der Waals surface area contributed by atoms with Gasteiger partial charge in [-0.2, -0.15) is 5.26 Å². The Labute approximate surface area is 155 Å². The molecule has 3 rings (SSSR count). The standard InChI is InChI=1S/C17H14ClN3O4S/c18-13-2-1-3-14-15(13)17(23,8-9-19)16(22)21(14)10-11-4-6-12(7-5-11)26(20,24)25/h1-7,23H,8,10H2,(H2,20,24,25). The number of nitrogens with two attached hydrogens (primary N) is 1. The van der Waals surface area contributed by atoms with Gasteiger partial charge in [-0.05, 0) is 29.8 Å². The summed E-state index contributed by atoms with van der Waals surface area (Å²) in [5.41, 5.74) is -0.772. The molecule has 2 aromatic carbocycles. The molecule has 2 aromatic rings. The van der Waals surface area contributed by atoms with Gasteiger partial charge in [0.05, 0.1) is 29.6 Å². The van der Waals surface area contributed by atoms with Crippen molar-refractivity contribution >= 4 is 33.2 Å². The van der Waals surface area contributed by atoms with Crippen molar-refractivity contribution < 1.29 is 18.3 Å². The first-order valence-electron chi connectivity index (χ1n) is 7.50. The van der Waals surface area contributed by atoms with Crippen LogP contribution in [0.1, 0.15) is 17.5 Å². The zero-order chi connectivity index (χ0) is 19.1. The number of fused-ring (bicyclic) bond motifs is 1. The number of hydrogen-bond acceptors (Lipinski definition) is 5. The first kappa shape index (κ1) is 18.4. The molecule has 1 aliphatic heterocycles. The molecule has 0 fully saturated rings. The van der Waals surface area contributed by atoms with E-state index in [-0.39, 0.29) is 22.0 Å². The van der Waals surface area contributed by atoms with E-state index in [9.17, 15) is 18.3 Å². The summed E-state index contributed by atoms with van der Waals surface area (Å²) < 4.78 is 22.7. The van der Waals surface area contributed by atoms with Crippen LogP contribution in [0.15, 0.2) is 47.4 Å². The Hall–Kier alpha value is -2.44. The Balaban J connectivity index is 2.01. The molecule has 26 heavy (non-hydrogen) atoms. The van der Waals surface area contributed by atoms with Crippen molar-refractivity contribution in [1.82, 2.24) is 0 Å². The molecule has 3 N–H and O–H groups in total. The molecule has 1 unspecified atom stereocenters. The number of rotatable bonds is 4. The Bertz CT molecular complexity index is 1030. The largest absolute Gasteiger partial charge is 0.374 e. The summed E-state index contributed by atoms with van der Waals surface area (Å²) >= 11 is 6.17. The maximum Gasteiger partial charge on any atom is 0.265 e. The summed E-state index contributed by atoms with van der Waals surface area (Å²) in [5.74, 6) is -0.655. The topological polar surface area (TPSA) is 124 Å². The van der Waals surface area contributed by atoms with E-state index in [1.165, 1.54) is 29.2 Å². The fourth-order valence-electron chi connectivity index (χ4n) is 2.99. The van der Waals surface area contributed by atoms with Crippen molar-refractivity contribution in [3.05, 3.63) is 58.6 Å². The first-order valence-corrected chi connectivity index (χ1v) is 9.43. The lowest BCUT2D eigenvalue weighted by atomic mass is 9.92. The van der Waals surface area contributed by atoms with Crippen LogP contribution in [-0.4, -0.2) is 19.4 Å². The van der Waals surface area contributed by atoms with Gasteiger partial charge in [0, 0.05) is 10.6 Å². The summed E-state index contributed by atoms with van der Waals surface area (Å²) in [7, 11) is -3.81. The van der Waals surface area contributed by atoms with Crippen LogP contribution in [0, 0.1) is 11.3 Å². The van der Waals surface area contributed by atoms with E-state index in [1.54, 1.807) is 18.2 Å². The van der Waals surface area contributed by atoms with E-state index in [0.717, 1.165) is 0 Å². The van der Waals surface area contributed by atoms with E-state index < -0.39 is 28.0 Å². The van der Waals surface area contributed by atoms with Crippen LogP contribution >= 0.6 is 11.6 Å². The van der Waals surface area contributed by atoms with Gasteiger partial charge in [0.2, 0.25) is 10.0 Å². The second kappa shape index (κ2) is 6.37. The highest BCUT2D eigenvalue weighted by Gasteiger charge is 2.51. The van der Waals surface area contributed by atoms with Gasteiger partial charge in [0.1, 0.15) is 0 Å². The number of nitrogens with zero attached hydrogens (tertiary/aromatic N) is 2. The molecule has 7 nitrogen and oxygen atoms in total. The highest BCUT2D eigenvalue weighted by Crippen LogP contribution is 2.46. The van der Waals surface area contributed by atoms with Crippen molar-refractivity contribution in [3.8, 4) is 6.07 Å². The number of halogens is 1. The van der Waals surface area contributed by atoms with Crippen LogP contribution in [0.3, 0.4) is 0 Å². The smallest absolute Gasteiger partial charge is 0.265 e. The number of anilines is 1. The summed E-state index contributed by atoms with van der Waals surface area (Å²) in [6, 6.07) is 12.4. The molecule has 0 radical (unpaired) electrons. The summed E-state index contributed by atoms with van der Waals surface area (Å²) in [6.45, 7) is 0.0742. The normalized spacial score (nSPS) is 19.3. The number of hydrogen-bond donors (Lipinski definition) is 2. The lowest BCUT2D eigenvalue weighted by molar-refractivity contribution is -0.135. The van der Waals surface area contributed by atoms with Gasteiger partial charge >= 0.3 is 0 Å². The molecule has 0 aromatic heterocycles. The van der Waals surface area contributed by atoms with Gasteiger partial charge in [-0.1, -0.05) is 29.8 Å². The van der Waals surface area contributed by atoms with Crippen LogP contribution in [0.5, 0.6) is 0 Å². The number of nitriles is 1. The number of sulfonamides is 1. The zero-order valence-corrected chi connectivity index (χ0v) is 15.0. The third-order valence-electron chi connectivity index (χ3n) is 4.22.